The molecule has 0 radical (unpaired) electrons. The molecule has 1 amide bonds. The summed E-state index contributed by atoms with van der Waals surface area (Å²) < 4.78 is 23.1. The molecule has 0 bridgehead atoms. The average Bonchev–Trinajstić information content (AvgIpc) is 3.46. The molecule has 2 aromatic carbocycles. The standard InChI is InChI=1S/C24H22N4O6S/c1-31-19-10-16(11-20(32-2)22(19)33-3)23(30)34-18-6-4-15(5-7-18)13-25-27-21(29)12-17-14-28-8-9-35-24(28)26-17/h4-11,13-14H,12H2,1-3H3,(H,27,29). The first-order valence-corrected chi connectivity index (χ1v) is 11.2. The maximum Gasteiger partial charge on any atom is 0.343 e. The van der Waals surface area contributed by atoms with Crippen molar-refractivity contribution in [3.8, 4) is 23.0 Å². The normalized spacial score (nSPS) is 10.9. The van der Waals surface area contributed by atoms with Crippen molar-refractivity contribution in [1.29, 1.82) is 0 Å². The van der Waals surface area contributed by atoms with Gasteiger partial charge in [0.25, 0.3) is 0 Å². The molecule has 1 N–H and O–H groups in total. The van der Waals surface area contributed by atoms with E-state index in [1.807, 2.05) is 22.2 Å². The number of ether oxygens (including phenoxy) is 4. The number of rotatable bonds is 9. The summed E-state index contributed by atoms with van der Waals surface area (Å²) in [6.45, 7) is 0. The second-order valence-corrected chi connectivity index (χ2v) is 8.04. The molecular weight excluding hydrogens is 472 g/mol. The Morgan fingerprint density at radius 2 is 1.80 bits per heavy atom. The van der Waals surface area contributed by atoms with Crippen molar-refractivity contribution < 1.29 is 28.5 Å². The van der Waals surface area contributed by atoms with Crippen molar-refractivity contribution in [3.05, 3.63) is 71.0 Å². The summed E-state index contributed by atoms with van der Waals surface area (Å²) in [6.07, 6.45) is 5.32. The number of fused-ring (bicyclic) bond motifs is 1. The predicted molar refractivity (Wildman–Crippen MR) is 130 cm³/mol. The summed E-state index contributed by atoms with van der Waals surface area (Å²) in [5.41, 5.74) is 4.10. The number of aromatic nitrogens is 2. The second-order valence-electron chi connectivity index (χ2n) is 7.17. The lowest BCUT2D eigenvalue weighted by Crippen LogP contribution is -2.19. The van der Waals surface area contributed by atoms with Crippen molar-refractivity contribution in [2.24, 2.45) is 5.10 Å². The summed E-state index contributed by atoms with van der Waals surface area (Å²) in [7, 11) is 4.42. The summed E-state index contributed by atoms with van der Waals surface area (Å²) >= 11 is 1.50. The van der Waals surface area contributed by atoms with Crippen LogP contribution in [0.5, 0.6) is 23.0 Å². The lowest BCUT2D eigenvalue weighted by atomic mass is 10.2. The van der Waals surface area contributed by atoms with Crippen LogP contribution < -0.4 is 24.4 Å². The number of carbonyl (C=O) groups excluding carboxylic acids is 2. The van der Waals surface area contributed by atoms with Crippen molar-refractivity contribution in [2.45, 2.75) is 6.42 Å². The Morgan fingerprint density at radius 3 is 2.43 bits per heavy atom. The minimum atomic E-state index is -0.586. The minimum Gasteiger partial charge on any atom is -0.493 e. The van der Waals surface area contributed by atoms with Crippen LogP contribution in [0.3, 0.4) is 0 Å². The number of benzene rings is 2. The molecule has 4 aromatic rings. The van der Waals surface area contributed by atoms with Gasteiger partial charge in [-0.1, -0.05) is 0 Å². The van der Waals surface area contributed by atoms with Gasteiger partial charge in [0.05, 0.1) is 45.2 Å². The molecule has 2 heterocycles. The molecule has 0 atom stereocenters. The van der Waals surface area contributed by atoms with Crippen LogP contribution in [-0.2, 0) is 11.2 Å². The van der Waals surface area contributed by atoms with Gasteiger partial charge in [0, 0.05) is 17.8 Å². The number of amides is 1. The topological polar surface area (TPSA) is 113 Å². The Labute approximate surface area is 204 Å². The highest BCUT2D eigenvalue weighted by Gasteiger charge is 2.18. The van der Waals surface area contributed by atoms with Gasteiger partial charge in [-0.05, 0) is 42.0 Å². The first kappa shape index (κ1) is 23.8. The number of hydrogen-bond acceptors (Lipinski definition) is 9. The van der Waals surface area contributed by atoms with Gasteiger partial charge in [-0.2, -0.15) is 5.10 Å². The third-order valence-electron chi connectivity index (χ3n) is 4.88. The molecule has 0 fully saturated rings. The molecule has 0 unspecified atom stereocenters. The van der Waals surface area contributed by atoms with Crippen LogP contribution in [0.2, 0.25) is 0 Å². The molecule has 4 rings (SSSR count). The minimum absolute atomic E-state index is 0.127. The van der Waals surface area contributed by atoms with E-state index in [-0.39, 0.29) is 17.9 Å². The van der Waals surface area contributed by atoms with Crippen LogP contribution in [-0.4, -0.2) is 48.8 Å². The SMILES string of the molecule is COc1cc(C(=O)Oc2ccc(C=NNC(=O)Cc3cn4ccsc4n3)cc2)cc(OC)c1OC. The summed E-state index contributed by atoms with van der Waals surface area (Å²) in [6, 6.07) is 9.68. The molecule has 180 valence electrons. The Kier molecular flexibility index (Phi) is 7.27. The number of hydrogen-bond donors (Lipinski definition) is 1. The molecule has 2 aromatic heterocycles. The van der Waals surface area contributed by atoms with Crippen molar-refractivity contribution in [2.75, 3.05) is 21.3 Å². The lowest BCUT2D eigenvalue weighted by molar-refractivity contribution is -0.120. The molecular formula is C24H22N4O6S. The number of imidazole rings is 1. The summed E-state index contributed by atoms with van der Waals surface area (Å²) in [5.74, 6) is 0.553. The van der Waals surface area contributed by atoms with Crippen LogP contribution in [0.1, 0.15) is 21.6 Å². The average molecular weight is 495 g/mol. The largest absolute Gasteiger partial charge is 0.493 e. The molecule has 0 saturated carbocycles. The monoisotopic (exact) mass is 494 g/mol. The fraction of sp³-hybridized carbons (Fsp3) is 0.167. The molecule has 0 aliphatic rings. The van der Waals surface area contributed by atoms with E-state index in [9.17, 15) is 9.59 Å². The first-order chi connectivity index (χ1) is 17.0. The third-order valence-corrected chi connectivity index (χ3v) is 5.65. The zero-order valence-electron chi connectivity index (χ0n) is 19.2. The summed E-state index contributed by atoms with van der Waals surface area (Å²) in [4.78, 5) is 29.9. The van der Waals surface area contributed by atoms with Crippen LogP contribution in [0.4, 0.5) is 0 Å². The maximum atomic E-state index is 12.6. The Bertz CT molecular complexity index is 1320. The van der Waals surface area contributed by atoms with Gasteiger partial charge < -0.3 is 18.9 Å². The van der Waals surface area contributed by atoms with E-state index in [1.165, 1.54) is 51.0 Å². The maximum absolute atomic E-state index is 12.6. The number of esters is 1. The molecule has 0 aliphatic heterocycles. The van der Waals surface area contributed by atoms with E-state index >= 15 is 0 Å². The number of thiazole rings is 1. The quantitative estimate of drug-likeness (QED) is 0.164. The van der Waals surface area contributed by atoms with Crippen molar-refractivity contribution in [1.82, 2.24) is 14.8 Å². The third kappa shape index (κ3) is 5.58. The highest BCUT2D eigenvalue weighted by molar-refractivity contribution is 7.15. The smallest absolute Gasteiger partial charge is 0.343 e. The van der Waals surface area contributed by atoms with E-state index in [2.05, 4.69) is 15.5 Å². The molecule has 11 heteroatoms. The second kappa shape index (κ2) is 10.7. The molecule has 0 saturated heterocycles. The first-order valence-electron chi connectivity index (χ1n) is 10.4. The number of hydrazone groups is 1. The van der Waals surface area contributed by atoms with Gasteiger partial charge in [-0.25, -0.2) is 15.2 Å². The number of nitrogens with zero attached hydrogens (tertiary/aromatic N) is 3. The van der Waals surface area contributed by atoms with Gasteiger partial charge in [0.2, 0.25) is 11.7 Å². The number of methoxy groups -OCH3 is 3. The zero-order chi connectivity index (χ0) is 24.8. The van der Waals surface area contributed by atoms with Crippen molar-refractivity contribution in [3.63, 3.8) is 0 Å². The van der Waals surface area contributed by atoms with Gasteiger partial charge in [-0.3, -0.25) is 9.20 Å². The van der Waals surface area contributed by atoms with E-state index in [0.29, 0.717) is 34.3 Å². The molecule has 10 nitrogen and oxygen atoms in total. The van der Waals surface area contributed by atoms with E-state index in [0.717, 1.165) is 4.96 Å². The van der Waals surface area contributed by atoms with Crippen LogP contribution in [0.15, 0.2) is 59.3 Å². The molecule has 35 heavy (non-hydrogen) atoms. The van der Waals surface area contributed by atoms with Crippen LogP contribution in [0.25, 0.3) is 4.96 Å². The van der Waals surface area contributed by atoms with E-state index in [4.69, 9.17) is 18.9 Å². The van der Waals surface area contributed by atoms with Gasteiger partial charge in [-0.15, -0.1) is 11.3 Å². The van der Waals surface area contributed by atoms with Gasteiger partial charge in [0.15, 0.2) is 16.5 Å². The molecule has 0 spiro atoms. The fourth-order valence-electron chi connectivity index (χ4n) is 3.23. The lowest BCUT2D eigenvalue weighted by Gasteiger charge is -2.13. The summed E-state index contributed by atoms with van der Waals surface area (Å²) in [5, 5.41) is 5.89. The Hall–Kier alpha value is -4.38. The number of nitrogens with one attached hydrogen (secondary N) is 1. The van der Waals surface area contributed by atoms with Crippen molar-refractivity contribution >= 4 is 34.4 Å². The highest BCUT2D eigenvalue weighted by Crippen LogP contribution is 2.38. The predicted octanol–water partition coefficient (Wildman–Crippen LogP) is 3.33. The molecule has 0 aliphatic carbocycles. The van der Waals surface area contributed by atoms with Gasteiger partial charge >= 0.3 is 5.97 Å². The fourth-order valence-corrected chi connectivity index (χ4v) is 3.95. The number of carbonyl (C=O) groups is 2. The Morgan fingerprint density at radius 1 is 1.09 bits per heavy atom. The van der Waals surface area contributed by atoms with Crippen LogP contribution in [0, 0.1) is 0 Å². The Balaban J connectivity index is 1.33. The van der Waals surface area contributed by atoms with E-state index < -0.39 is 5.97 Å². The zero-order valence-corrected chi connectivity index (χ0v) is 20.0. The van der Waals surface area contributed by atoms with E-state index in [1.54, 1.807) is 24.3 Å². The van der Waals surface area contributed by atoms with Gasteiger partial charge in [0.1, 0.15) is 5.75 Å². The highest BCUT2D eigenvalue weighted by atomic mass is 32.1. The van der Waals surface area contributed by atoms with Crippen LogP contribution >= 0.6 is 11.3 Å².